The number of nitrogens with two attached hydrogens (primary N) is 1. The van der Waals surface area contributed by atoms with Gasteiger partial charge in [0.05, 0.1) is 6.61 Å². The first kappa shape index (κ1) is 11.4. The van der Waals surface area contributed by atoms with Gasteiger partial charge in [-0.2, -0.15) is 0 Å². The van der Waals surface area contributed by atoms with E-state index in [1.807, 2.05) is 14.0 Å². The zero-order valence-electron chi connectivity index (χ0n) is 7.96. The Hall–Kier alpha value is -0.610. The maximum absolute atomic E-state index is 10.6. The van der Waals surface area contributed by atoms with E-state index in [0.717, 1.165) is 0 Å². The van der Waals surface area contributed by atoms with Crippen molar-refractivity contribution in [2.75, 3.05) is 20.8 Å². The van der Waals surface area contributed by atoms with Gasteiger partial charge >= 0.3 is 0 Å². The van der Waals surface area contributed by atoms with Crippen molar-refractivity contribution < 1.29 is 9.53 Å². The van der Waals surface area contributed by atoms with Crippen LogP contribution in [0.5, 0.6) is 0 Å². The maximum Gasteiger partial charge on any atom is 0.218 e. The number of methoxy groups -OCH3 is 1. The quantitative estimate of drug-likeness (QED) is 0.582. The molecule has 0 aliphatic carbocycles. The molecular formula is C8H18N2O2. The Morgan fingerprint density at radius 2 is 2.25 bits per heavy atom. The highest BCUT2D eigenvalue weighted by Gasteiger charge is 2.16. The summed E-state index contributed by atoms with van der Waals surface area (Å²) in [5.74, 6) is 0.0183. The fourth-order valence-electron chi connectivity index (χ4n) is 1.18. The van der Waals surface area contributed by atoms with Crippen LogP contribution in [0.3, 0.4) is 0 Å². The van der Waals surface area contributed by atoms with Crippen LogP contribution in [0.2, 0.25) is 0 Å². The fourth-order valence-corrected chi connectivity index (χ4v) is 1.18. The van der Waals surface area contributed by atoms with Gasteiger partial charge in [0.15, 0.2) is 0 Å². The van der Waals surface area contributed by atoms with E-state index in [1.54, 1.807) is 7.11 Å². The predicted octanol–water partition coefficient (Wildman–Crippen LogP) is -0.268. The van der Waals surface area contributed by atoms with Gasteiger partial charge in [-0.15, -0.1) is 0 Å². The van der Waals surface area contributed by atoms with Crippen molar-refractivity contribution in [3.05, 3.63) is 0 Å². The second-order valence-corrected chi connectivity index (χ2v) is 3.00. The minimum absolute atomic E-state index is 0.113. The maximum atomic E-state index is 10.6. The third-order valence-electron chi connectivity index (χ3n) is 1.91. The molecule has 1 amide bonds. The van der Waals surface area contributed by atoms with Gasteiger partial charge in [0.1, 0.15) is 0 Å². The minimum atomic E-state index is -0.280. The molecule has 3 N–H and O–H groups in total. The van der Waals surface area contributed by atoms with Gasteiger partial charge in [-0.3, -0.25) is 4.79 Å². The van der Waals surface area contributed by atoms with Crippen molar-refractivity contribution in [3.63, 3.8) is 0 Å². The van der Waals surface area contributed by atoms with E-state index in [1.165, 1.54) is 0 Å². The van der Waals surface area contributed by atoms with Crippen molar-refractivity contribution in [1.82, 2.24) is 5.32 Å². The van der Waals surface area contributed by atoms with Crippen LogP contribution < -0.4 is 11.1 Å². The lowest BCUT2D eigenvalue weighted by Crippen LogP contribution is -2.37. The molecule has 0 heterocycles. The van der Waals surface area contributed by atoms with Crippen LogP contribution in [0.4, 0.5) is 0 Å². The summed E-state index contributed by atoms with van der Waals surface area (Å²) in [4.78, 5) is 10.6. The largest absolute Gasteiger partial charge is 0.384 e. The third kappa shape index (κ3) is 4.31. The number of ether oxygens (including phenoxy) is 1. The molecule has 12 heavy (non-hydrogen) atoms. The SMILES string of the molecule is CNC(CC(N)=O)C(C)COC. The van der Waals surface area contributed by atoms with E-state index in [2.05, 4.69) is 5.32 Å². The Morgan fingerprint density at radius 1 is 1.67 bits per heavy atom. The highest BCUT2D eigenvalue weighted by molar-refractivity contribution is 5.74. The molecule has 0 rings (SSSR count). The van der Waals surface area contributed by atoms with Crippen LogP contribution in [0.1, 0.15) is 13.3 Å². The second-order valence-electron chi connectivity index (χ2n) is 3.00. The summed E-state index contributed by atoms with van der Waals surface area (Å²) in [7, 11) is 3.47. The lowest BCUT2D eigenvalue weighted by atomic mass is 10.00. The van der Waals surface area contributed by atoms with Gasteiger partial charge in [0.2, 0.25) is 5.91 Å². The second kappa shape index (κ2) is 5.97. The van der Waals surface area contributed by atoms with Crippen LogP contribution in [0.15, 0.2) is 0 Å². The summed E-state index contributed by atoms with van der Waals surface area (Å²) >= 11 is 0. The number of rotatable bonds is 6. The highest BCUT2D eigenvalue weighted by atomic mass is 16.5. The van der Waals surface area contributed by atoms with Gasteiger partial charge in [-0.25, -0.2) is 0 Å². The molecular weight excluding hydrogens is 156 g/mol. The molecule has 72 valence electrons. The van der Waals surface area contributed by atoms with Crippen molar-refractivity contribution >= 4 is 5.91 Å². The van der Waals surface area contributed by atoms with E-state index in [0.29, 0.717) is 18.9 Å². The minimum Gasteiger partial charge on any atom is -0.384 e. The van der Waals surface area contributed by atoms with E-state index < -0.39 is 0 Å². The number of carbonyl (C=O) groups excluding carboxylic acids is 1. The Bertz CT molecular complexity index is 139. The van der Waals surface area contributed by atoms with E-state index in [9.17, 15) is 4.79 Å². The first-order valence-corrected chi connectivity index (χ1v) is 4.06. The number of carbonyl (C=O) groups is 1. The molecule has 0 aromatic rings. The molecule has 0 aromatic heterocycles. The van der Waals surface area contributed by atoms with Crippen LogP contribution in [0, 0.1) is 5.92 Å². The number of primary amides is 1. The Balaban J connectivity index is 3.86. The van der Waals surface area contributed by atoms with Gasteiger partial charge < -0.3 is 15.8 Å². The molecule has 4 nitrogen and oxygen atoms in total. The Labute approximate surface area is 73.5 Å². The Morgan fingerprint density at radius 3 is 2.58 bits per heavy atom. The average molecular weight is 174 g/mol. The van der Waals surface area contributed by atoms with Crippen LogP contribution in [-0.4, -0.2) is 32.7 Å². The third-order valence-corrected chi connectivity index (χ3v) is 1.91. The topological polar surface area (TPSA) is 64.3 Å². The normalized spacial score (nSPS) is 15.6. The molecule has 0 aliphatic rings. The summed E-state index contributed by atoms with van der Waals surface area (Å²) in [5.41, 5.74) is 5.08. The monoisotopic (exact) mass is 174 g/mol. The summed E-state index contributed by atoms with van der Waals surface area (Å²) in [6.07, 6.45) is 0.362. The molecule has 0 fully saturated rings. The molecule has 0 spiro atoms. The van der Waals surface area contributed by atoms with Gasteiger partial charge in [-0.05, 0) is 13.0 Å². The number of nitrogens with one attached hydrogen (secondary N) is 1. The zero-order chi connectivity index (χ0) is 9.56. The molecule has 0 aliphatic heterocycles. The standard InChI is InChI=1S/C8H18N2O2/c1-6(5-12-3)7(10-2)4-8(9)11/h6-7,10H,4-5H2,1-3H3,(H2,9,11). The molecule has 0 bridgehead atoms. The first-order valence-electron chi connectivity index (χ1n) is 4.06. The number of hydrogen-bond acceptors (Lipinski definition) is 3. The molecule has 0 radical (unpaired) electrons. The zero-order valence-corrected chi connectivity index (χ0v) is 7.96. The van der Waals surface area contributed by atoms with Crippen LogP contribution in [-0.2, 0) is 9.53 Å². The van der Waals surface area contributed by atoms with E-state index in [-0.39, 0.29) is 11.9 Å². The summed E-state index contributed by atoms with van der Waals surface area (Å²) in [6.45, 7) is 2.66. The van der Waals surface area contributed by atoms with Crippen molar-refractivity contribution in [1.29, 1.82) is 0 Å². The van der Waals surface area contributed by atoms with Gasteiger partial charge in [-0.1, -0.05) is 6.92 Å². The summed E-state index contributed by atoms with van der Waals surface area (Å²) < 4.78 is 4.98. The highest BCUT2D eigenvalue weighted by Crippen LogP contribution is 2.06. The summed E-state index contributed by atoms with van der Waals surface area (Å²) in [5, 5.41) is 3.04. The van der Waals surface area contributed by atoms with Crippen LogP contribution >= 0.6 is 0 Å². The van der Waals surface area contributed by atoms with Crippen molar-refractivity contribution in [2.45, 2.75) is 19.4 Å². The molecule has 0 saturated carbocycles. The summed E-state index contributed by atoms with van der Waals surface area (Å²) in [6, 6.07) is 0.113. The lowest BCUT2D eigenvalue weighted by Gasteiger charge is -2.21. The molecule has 2 atom stereocenters. The van der Waals surface area contributed by atoms with Crippen molar-refractivity contribution in [2.24, 2.45) is 11.7 Å². The van der Waals surface area contributed by atoms with Crippen molar-refractivity contribution in [3.8, 4) is 0 Å². The van der Waals surface area contributed by atoms with E-state index >= 15 is 0 Å². The number of hydrogen-bond donors (Lipinski definition) is 2. The molecule has 0 saturated heterocycles. The molecule has 0 aromatic carbocycles. The molecule has 2 unspecified atom stereocenters. The fraction of sp³-hybridized carbons (Fsp3) is 0.875. The molecule has 4 heteroatoms. The van der Waals surface area contributed by atoms with Gasteiger partial charge in [0, 0.05) is 19.6 Å². The van der Waals surface area contributed by atoms with Crippen LogP contribution in [0.25, 0.3) is 0 Å². The van der Waals surface area contributed by atoms with Gasteiger partial charge in [0.25, 0.3) is 0 Å². The number of amides is 1. The Kier molecular flexibility index (Phi) is 5.66. The lowest BCUT2D eigenvalue weighted by molar-refractivity contribution is -0.118. The average Bonchev–Trinajstić information content (AvgIpc) is 2.00. The smallest absolute Gasteiger partial charge is 0.218 e. The predicted molar refractivity (Wildman–Crippen MR) is 47.7 cm³/mol. The van der Waals surface area contributed by atoms with E-state index in [4.69, 9.17) is 10.5 Å². The first-order chi connectivity index (χ1) is 5.61.